The minimum Gasteiger partial charge on any atom is -0.497 e. The number of ether oxygens (including phenoxy) is 1. The molecule has 2 rings (SSSR count). The monoisotopic (exact) mass is 245 g/mol. The largest absolute Gasteiger partial charge is 0.497 e. The van der Waals surface area contributed by atoms with Crippen LogP contribution in [-0.2, 0) is 0 Å². The van der Waals surface area contributed by atoms with E-state index >= 15 is 0 Å². The van der Waals surface area contributed by atoms with Crippen molar-refractivity contribution >= 4 is 0 Å². The molecule has 0 amide bonds. The summed E-state index contributed by atoms with van der Waals surface area (Å²) in [6.07, 6.45) is 4.58. The second-order valence-corrected chi connectivity index (χ2v) is 4.22. The van der Waals surface area contributed by atoms with Gasteiger partial charge in [-0.15, -0.1) is 0 Å². The SMILES string of the molecule is CCCNC(c1ccoc1)c1cccc(OC)c1. The molecule has 1 heterocycles. The molecule has 0 aliphatic rings. The molecule has 1 aromatic heterocycles. The number of nitrogens with one attached hydrogen (secondary N) is 1. The summed E-state index contributed by atoms with van der Waals surface area (Å²) in [7, 11) is 1.69. The third-order valence-electron chi connectivity index (χ3n) is 2.90. The Morgan fingerprint density at radius 3 is 2.83 bits per heavy atom. The zero-order chi connectivity index (χ0) is 12.8. The molecule has 3 heteroatoms. The molecule has 18 heavy (non-hydrogen) atoms. The van der Waals surface area contributed by atoms with Crippen LogP contribution in [0.25, 0.3) is 0 Å². The summed E-state index contributed by atoms with van der Waals surface area (Å²) in [5.41, 5.74) is 2.32. The molecular formula is C15H19NO2. The lowest BCUT2D eigenvalue weighted by molar-refractivity contribution is 0.413. The highest BCUT2D eigenvalue weighted by atomic mass is 16.5. The van der Waals surface area contributed by atoms with Gasteiger partial charge in [0.2, 0.25) is 0 Å². The summed E-state index contributed by atoms with van der Waals surface area (Å²) >= 11 is 0. The lowest BCUT2D eigenvalue weighted by Gasteiger charge is -2.18. The van der Waals surface area contributed by atoms with Crippen molar-refractivity contribution in [2.75, 3.05) is 13.7 Å². The fourth-order valence-electron chi connectivity index (χ4n) is 1.98. The molecule has 1 unspecified atom stereocenters. The van der Waals surface area contributed by atoms with E-state index in [0.717, 1.165) is 24.3 Å². The third kappa shape index (κ3) is 2.93. The Morgan fingerprint density at radius 1 is 1.28 bits per heavy atom. The van der Waals surface area contributed by atoms with Crippen LogP contribution in [0.3, 0.4) is 0 Å². The summed E-state index contributed by atoms with van der Waals surface area (Å²) in [5.74, 6) is 0.874. The second kappa shape index (κ2) is 6.26. The molecule has 0 aliphatic carbocycles. The summed E-state index contributed by atoms with van der Waals surface area (Å²) in [5, 5.41) is 3.52. The van der Waals surface area contributed by atoms with E-state index in [1.165, 1.54) is 5.56 Å². The van der Waals surface area contributed by atoms with Gasteiger partial charge >= 0.3 is 0 Å². The van der Waals surface area contributed by atoms with Gasteiger partial charge in [0, 0.05) is 5.56 Å². The van der Waals surface area contributed by atoms with Crippen molar-refractivity contribution in [2.45, 2.75) is 19.4 Å². The highest BCUT2D eigenvalue weighted by Crippen LogP contribution is 2.25. The minimum absolute atomic E-state index is 0.152. The zero-order valence-electron chi connectivity index (χ0n) is 10.8. The fraction of sp³-hybridized carbons (Fsp3) is 0.333. The maximum Gasteiger partial charge on any atom is 0.119 e. The molecular weight excluding hydrogens is 226 g/mol. The number of rotatable bonds is 6. The number of furan rings is 1. The van der Waals surface area contributed by atoms with E-state index in [1.54, 1.807) is 19.6 Å². The van der Waals surface area contributed by atoms with Gasteiger partial charge < -0.3 is 14.5 Å². The van der Waals surface area contributed by atoms with Gasteiger partial charge in [0.25, 0.3) is 0 Å². The van der Waals surface area contributed by atoms with Crippen LogP contribution in [0.5, 0.6) is 5.75 Å². The van der Waals surface area contributed by atoms with Gasteiger partial charge in [0.05, 0.1) is 25.7 Å². The lowest BCUT2D eigenvalue weighted by atomic mass is 10.0. The first-order chi connectivity index (χ1) is 8.85. The maximum absolute atomic E-state index is 5.28. The first-order valence-corrected chi connectivity index (χ1v) is 6.24. The van der Waals surface area contributed by atoms with Gasteiger partial charge in [0.1, 0.15) is 5.75 Å². The van der Waals surface area contributed by atoms with E-state index in [1.807, 2.05) is 18.2 Å². The average molecular weight is 245 g/mol. The summed E-state index contributed by atoms with van der Waals surface area (Å²) in [4.78, 5) is 0. The highest BCUT2D eigenvalue weighted by Gasteiger charge is 2.14. The predicted octanol–water partition coefficient (Wildman–Crippen LogP) is 3.38. The maximum atomic E-state index is 5.28. The van der Waals surface area contributed by atoms with Crippen LogP contribution in [0.15, 0.2) is 47.3 Å². The van der Waals surface area contributed by atoms with Crippen molar-refractivity contribution in [3.63, 3.8) is 0 Å². The van der Waals surface area contributed by atoms with Crippen LogP contribution in [0.2, 0.25) is 0 Å². The van der Waals surface area contributed by atoms with E-state index < -0.39 is 0 Å². The minimum atomic E-state index is 0.152. The molecule has 1 aromatic carbocycles. The van der Waals surface area contributed by atoms with Crippen molar-refractivity contribution in [1.29, 1.82) is 0 Å². The Balaban J connectivity index is 2.27. The number of hydrogen-bond acceptors (Lipinski definition) is 3. The van der Waals surface area contributed by atoms with Crippen molar-refractivity contribution in [3.8, 4) is 5.75 Å². The first-order valence-electron chi connectivity index (χ1n) is 6.24. The molecule has 3 nitrogen and oxygen atoms in total. The molecule has 0 spiro atoms. The molecule has 0 fully saturated rings. The number of methoxy groups -OCH3 is 1. The molecule has 2 aromatic rings. The van der Waals surface area contributed by atoms with Gasteiger partial charge in [-0.05, 0) is 36.7 Å². The van der Waals surface area contributed by atoms with Crippen LogP contribution in [-0.4, -0.2) is 13.7 Å². The summed E-state index contributed by atoms with van der Waals surface area (Å²) in [6.45, 7) is 3.12. The molecule has 0 saturated carbocycles. The second-order valence-electron chi connectivity index (χ2n) is 4.22. The quantitative estimate of drug-likeness (QED) is 0.847. The van der Waals surface area contributed by atoms with Crippen molar-refractivity contribution < 1.29 is 9.15 Å². The van der Waals surface area contributed by atoms with Gasteiger partial charge in [-0.2, -0.15) is 0 Å². The van der Waals surface area contributed by atoms with Crippen molar-refractivity contribution in [3.05, 3.63) is 54.0 Å². The lowest BCUT2D eigenvalue weighted by Crippen LogP contribution is -2.22. The van der Waals surface area contributed by atoms with E-state index in [-0.39, 0.29) is 6.04 Å². The molecule has 0 aliphatic heterocycles. The van der Waals surface area contributed by atoms with Crippen LogP contribution < -0.4 is 10.1 Å². The van der Waals surface area contributed by atoms with Crippen LogP contribution >= 0.6 is 0 Å². The Morgan fingerprint density at radius 2 is 2.17 bits per heavy atom. The van der Waals surface area contributed by atoms with Crippen molar-refractivity contribution in [1.82, 2.24) is 5.32 Å². The Kier molecular flexibility index (Phi) is 4.42. The Hall–Kier alpha value is -1.74. The first kappa shape index (κ1) is 12.7. The van der Waals surface area contributed by atoms with E-state index in [2.05, 4.69) is 24.4 Å². The molecule has 0 saturated heterocycles. The highest BCUT2D eigenvalue weighted by molar-refractivity contribution is 5.35. The fourth-order valence-corrected chi connectivity index (χ4v) is 1.98. The predicted molar refractivity (Wildman–Crippen MR) is 71.8 cm³/mol. The van der Waals surface area contributed by atoms with Gasteiger partial charge in [0.15, 0.2) is 0 Å². The number of benzene rings is 1. The molecule has 0 bridgehead atoms. The van der Waals surface area contributed by atoms with Gasteiger partial charge in [-0.3, -0.25) is 0 Å². The van der Waals surface area contributed by atoms with Gasteiger partial charge in [-0.25, -0.2) is 0 Å². The Labute approximate surface area is 108 Å². The van der Waals surface area contributed by atoms with Crippen LogP contribution in [0.1, 0.15) is 30.5 Å². The van der Waals surface area contributed by atoms with Gasteiger partial charge in [-0.1, -0.05) is 19.1 Å². The molecule has 1 atom stereocenters. The van der Waals surface area contributed by atoms with Crippen LogP contribution in [0.4, 0.5) is 0 Å². The van der Waals surface area contributed by atoms with Crippen molar-refractivity contribution in [2.24, 2.45) is 0 Å². The Bertz CT molecular complexity index is 465. The topological polar surface area (TPSA) is 34.4 Å². The third-order valence-corrected chi connectivity index (χ3v) is 2.90. The average Bonchev–Trinajstić information content (AvgIpc) is 2.93. The number of hydrogen-bond donors (Lipinski definition) is 1. The van der Waals surface area contributed by atoms with Crippen LogP contribution in [0, 0.1) is 0 Å². The normalized spacial score (nSPS) is 12.3. The zero-order valence-corrected chi connectivity index (χ0v) is 10.8. The standard InChI is InChI=1S/C15H19NO2/c1-3-8-16-15(13-7-9-18-11-13)12-5-4-6-14(10-12)17-2/h4-7,9-11,15-16H,3,8H2,1-2H3. The summed E-state index contributed by atoms with van der Waals surface area (Å²) in [6, 6.07) is 10.3. The summed E-state index contributed by atoms with van der Waals surface area (Å²) < 4.78 is 10.5. The van der Waals surface area contributed by atoms with E-state index in [9.17, 15) is 0 Å². The molecule has 96 valence electrons. The van der Waals surface area contributed by atoms with E-state index in [4.69, 9.17) is 9.15 Å². The molecule has 1 N–H and O–H groups in total. The van der Waals surface area contributed by atoms with E-state index in [0.29, 0.717) is 0 Å². The smallest absolute Gasteiger partial charge is 0.119 e. The molecule has 0 radical (unpaired) electrons.